The van der Waals surface area contributed by atoms with Gasteiger partial charge in [0, 0.05) is 18.2 Å². The zero-order valence-corrected chi connectivity index (χ0v) is 10.1. The van der Waals surface area contributed by atoms with Crippen molar-refractivity contribution in [2.75, 3.05) is 19.8 Å². The predicted octanol–water partition coefficient (Wildman–Crippen LogP) is 1.69. The first kappa shape index (κ1) is 12.9. The van der Waals surface area contributed by atoms with Gasteiger partial charge in [0.1, 0.15) is 17.7 Å². The molecule has 2 rings (SSSR count). The largest absolute Gasteiger partial charge is 0.488 e. The fourth-order valence-electron chi connectivity index (χ4n) is 1.85. The lowest BCUT2D eigenvalue weighted by molar-refractivity contribution is 0.00730. The molecule has 1 saturated heterocycles. The Balaban J connectivity index is 2.09. The van der Waals surface area contributed by atoms with Crippen molar-refractivity contribution in [2.45, 2.75) is 18.9 Å². The number of hydrogen-bond donors (Lipinski definition) is 1. The van der Waals surface area contributed by atoms with Gasteiger partial charge in [-0.1, -0.05) is 11.8 Å². The van der Waals surface area contributed by atoms with E-state index in [9.17, 15) is 4.39 Å². The van der Waals surface area contributed by atoms with E-state index in [1.54, 1.807) is 6.07 Å². The Kier molecular flexibility index (Phi) is 4.57. The van der Waals surface area contributed by atoms with Crippen molar-refractivity contribution in [3.8, 4) is 17.6 Å². The molecule has 0 aliphatic carbocycles. The minimum Gasteiger partial charge on any atom is -0.488 e. The van der Waals surface area contributed by atoms with Crippen LogP contribution in [0.1, 0.15) is 18.4 Å². The molecule has 3 nitrogen and oxygen atoms in total. The van der Waals surface area contributed by atoms with Gasteiger partial charge < -0.3 is 15.2 Å². The number of rotatable bonds is 2. The lowest BCUT2D eigenvalue weighted by Gasteiger charge is -2.23. The van der Waals surface area contributed by atoms with E-state index in [4.69, 9.17) is 15.2 Å². The molecule has 1 aromatic carbocycles. The highest BCUT2D eigenvalue weighted by atomic mass is 19.1. The monoisotopic (exact) mass is 249 g/mol. The number of halogens is 1. The molecule has 4 heteroatoms. The summed E-state index contributed by atoms with van der Waals surface area (Å²) in [6.45, 7) is 1.58. The van der Waals surface area contributed by atoms with Crippen LogP contribution in [0.3, 0.4) is 0 Å². The molecular formula is C14H16FNO2. The second kappa shape index (κ2) is 6.39. The fourth-order valence-corrected chi connectivity index (χ4v) is 1.85. The fraction of sp³-hybridized carbons (Fsp3) is 0.429. The molecule has 1 unspecified atom stereocenters. The van der Waals surface area contributed by atoms with Gasteiger partial charge in [-0.05, 0) is 25.0 Å². The number of ether oxygens (including phenoxy) is 2. The van der Waals surface area contributed by atoms with E-state index in [0.29, 0.717) is 17.9 Å². The highest BCUT2D eigenvalue weighted by Gasteiger charge is 2.15. The van der Waals surface area contributed by atoms with Gasteiger partial charge in [-0.3, -0.25) is 0 Å². The van der Waals surface area contributed by atoms with Gasteiger partial charge in [0.15, 0.2) is 0 Å². The van der Waals surface area contributed by atoms with Crippen LogP contribution < -0.4 is 10.5 Å². The molecule has 1 aliphatic heterocycles. The maximum Gasteiger partial charge on any atom is 0.128 e. The lowest BCUT2D eigenvalue weighted by Crippen LogP contribution is -2.28. The molecule has 1 aliphatic rings. The summed E-state index contributed by atoms with van der Waals surface area (Å²) < 4.78 is 24.4. The quantitative estimate of drug-likeness (QED) is 0.811. The van der Waals surface area contributed by atoms with Crippen LogP contribution >= 0.6 is 0 Å². The van der Waals surface area contributed by atoms with Crippen molar-refractivity contribution in [3.05, 3.63) is 29.6 Å². The molecule has 0 aromatic heterocycles. The van der Waals surface area contributed by atoms with Gasteiger partial charge in [-0.25, -0.2) is 4.39 Å². The van der Waals surface area contributed by atoms with E-state index in [1.807, 2.05) is 0 Å². The summed E-state index contributed by atoms with van der Waals surface area (Å²) in [6.07, 6.45) is 1.90. The van der Waals surface area contributed by atoms with E-state index in [0.717, 1.165) is 19.4 Å². The molecule has 0 amide bonds. The summed E-state index contributed by atoms with van der Waals surface area (Å²) in [5, 5.41) is 0. The van der Waals surface area contributed by atoms with Crippen LogP contribution in [0, 0.1) is 17.7 Å². The standard InChI is InChI=1S/C14H16FNO2/c15-12-7-11(3-1-5-16)8-14(9-12)18-13-4-2-6-17-10-13/h7-9,13H,2,4-6,10,16H2. The average molecular weight is 249 g/mol. The Hall–Kier alpha value is -1.57. The zero-order valence-electron chi connectivity index (χ0n) is 10.1. The molecule has 0 saturated carbocycles. The molecule has 1 heterocycles. The first-order valence-corrected chi connectivity index (χ1v) is 6.02. The summed E-state index contributed by atoms with van der Waals surface area (Å²) in [6, 6.07) is 4.45. The molecule has 0 spiro atoms. The Morgan fingerprint density at radius 2 is 2.33 bits per heavy atom. The summed E-state index contributed by atoms with van der Waals surface area (Å²) in [7, 11) is 0. The zero-order chi connectivity index (χ0) is 12.8. The van der Waals surface area contributed by atoms with E-state index in [-0.39, 0.29) is 18.5 Å². The van der Waals surface area contributed by atoms with Gasteiger partial charge in [0.25, 0.3) is 0 Å². The number of nitrogens with two attached hydrogens (primary N) is 1. The minimum absolute atomic E-state index is 0.00383. The van der Waals surface area contributed by atoms with Crippen molar-refractivity contribution < 1.29 is 13.9 Å². The Labute approximate surface area is 106 Å². The van der Waals surface area contributed by atoms with Crippen molar-refractivity contribution in [3.63, 3.8) is 0 Å². The van der Waals surface area contributed by atoms with Crippen molar-refractivity contribution in [2.24, 2.45) is 5.73 Å². The smallest absolute Gasteiger partial charge is 0.128 e. The SMILES string of the molecule is NCC#Cc1cc(F)cc(OC2CCCOC2)c1. The normalized spacial score (nSPS) is 18.9. The highest BCUT2D eigenvalue weighted by Crippen LogP contribution is 2.20. The lowest BCUT2D eigenvalue weighted by atomic mass is 10.1. The van der Waals surface area contributed by atoms with E-state index in [2.05, 4.69) is 11.8 Å². The Bertz CT molecular complexity index is 459. The third kappa shape index (κ3) is 3.73. The van der Waals surface area contributed by atoms with Crippen molar-refractivity contribution in [1.82, 2.24) is 0 Å². The van der Waals surface area contributed by atoms with Gasteiger partial charge in [0.05, 0.1) is 13.2 Å². The second-order valence-corrected chi connectivity index (χ2v) is 4.14. The van der Waals surface area contributed by atoms with Crippen molar-refractivity contribution >= 4 is 0 Å². The van der Waals surface area contributed by atoms with Gasteiger partial charge in [-0.15, -0.1) is 0 Å². The van der Waals surface area contributed by atoms with Gasteiger partial charge in [0.2, 0.25) is 0 Å². The predicted molar refractivity (Wildman–Crippen MR) is 66.8 cm³/mol. The molecule has 1 aromatic rings. The third-order valence-corrected chi connectivity index (χ3v) is 2.63. The molecule has 1 fully saturated rings. The number of hydrogen-bond acceptors (Lipinski definition) is 3. The van der Waals surface area contributed by atoms with Crippen LogP contribution in [-0.4, -0.2) is 25.9 Å². The first-order chi connectivity index (χ1) is 8.78. The third-order valence-electron chi connectivity index (χ3n) is 2.63. The molecule has 96 valence electrons. The maximum absolute atomic E-state index is 13.4. The highest BCUT2D eigenvalue weighted by molar-refractivity contribution is 5.40. The first-order valence-electron chi connectivity index (χ1n) is 6.02. The van der Waals surface area contributed by atoms with Crippen LogP contribution in [-0.2, 0) is 4.74 Å². The van der Waals surface area contributed by atoms with Crippen LogP contribution in [0.25, 0.3) is 0 Å². The van der Waals surface area contributed by atoms with Crippen LogP contribution in [0.15, 0.2) is 18.2 Å². The van der Waals surface area contributed by atoms with Crippen LogP contribution in [0.5, 0.6) is 5.75 Å². The van der Waals surface area contributed by atoms with Crippen LogP contribution in [0.4, 0.5) is 4.39 Å². The van der Waals surface area contributed by atoms with E-state index < -0.39 is 0 Å². The van der Waals surface area contributed by atoms with Gasteiger partial charge in [-0.2, -0.15) is 0 Å². The number of benzene rings is 1. The summed E-state index contributed by atoms with van der Waals surface area (Å²) >= 11 is 0. The second-order valence-electron chi connectivity index (χ2n) is 4.14. The molecule has 0 bridgehead atoms. The minimum atomic E-state index is -0.356. The average Bonchev–Trinajstić information content (AvgIpc) is 2.37. The van der Waals surface area contributed by atoms with Crippen molar-refractivity contribution in [1.29, 1.82) is 0 Å². The summed E-state index contributed by atoms with van der Waals surface area (Å²) in [5.41, 5.74) is 5.86. The van der Waals surface area contributed by atoms with Gasteiger partial charge >= 0.3 is 0 Å². The topological polar surface area (TPSA) is 44.5 Å². The summed E-state index contributed by atoms with van der Waals surface area (Å²) in [4.78, 5) is 0. The Morgan fingerprint density at radius 3 is 3.06 bits per heavy atom. The van der Waals surface area contributed by atoms with E-state index in [1.165, 1.54) is 12.1 Å². The Morgan fingerprint density at radius 1 is 1.44 bits per heavy atom. The molecule has 1 atom stereocenters. The maximum atomic E-state index is 13.4. The summed E-state index contributed by atoms with van der Waals surface area (Å²) in [5.74, 6) is 5.63. The molecule has 0 radical (unpaired) electrons. The molecule has 18 heavy (non-hydrogen) atoms. The van der Waals surface area contributed by atoms with E-state index >= 15 is 0 Å². The molecular weight excluding hydrogens is 233 g/mol. The van der Waals surface area contributed by atoms with Crippen LogP contribution in [0.2, 0.25) is 0 Å². The molecule has 2 N–H and O–H groups in total.